The maximum atomic E-state index is 4.98. The Morgan fingerprint density at radius 1 is 1.08 bits per heavy atom. The number of guanidine groups is 1. The van der Waals surface area contributed by atoms with Gasteiger partial charge < -0.3 is 15.5 Å². The molecule has 0 aromatic rings. The van der Waals surface area contributed by atoms with Crippen molar-refractivity contribution in [3.63, 3.8) is 0 Å². The lowest BCUT2D eigenvalue weighted by molar-refractivity contribution is 0.0925. The fourth-order valence-corrected chi connectivity index (χ4v) is 4.00. The fourth-order valence-electron chi connectivity index (χ4n) is 4.00. The second-order valence-corrected chi connectivity index (χ2v) is 8.47. The van der Waals surface area contributed by atoms with Crippen molar-refractivity contribution in [3.05, 3.63) is 0 Å². The van der Waals surface area contributed by atoms with Crippen LogP contribution in [0.3, 0.4) is 0 Å². The smallest absolute Gasteiger partial charge is 0.191 e. The summed E-state index contributed by atoms with van der Waals surface area (Å²) in [6, 6.07) is 1.13. The van der Waals surface area contributed by atoms with Gasteiger partial charge in [-0.25, -0.2) is 0 Å². The molecule has 1 saturated carbocycles. The molecule has 1 heterocycles. The summed E-state index contributed by atoms with van der Waals surface area (Å²) in [5, 5.41) is 7.15. The van der Waals surface area contributed by atoms with E-state index in [0.29, 0.717) is 18.0 Å². The molecule has 1 atom stereocenters. The van der Waals surface area contributed by atoms with Crippen molar-refractivity contribution in [2.75, 3.05) is 46.3 Å². The molecule has 154 valence electrons. The van der Waals surface area contributed by atoms with Gasteiger partial charge in [0.25, 0.3) is 0 Å². The summed E-state index contributed by atoms with van der Waals surface area (Å²) in [7, 11) is 2.22. The van der Waals surface area contributed by atoms with Crippen molar-refractivity contribution in [2.24, 2.45) is 16.8 Å². The van der Waals surface area contributed by atoms with Gasteiger partial charge in [0.2, 0.25) is 0 Å². The van der Waals surface area contributed by atoms with E-state index in [1.807, 2.05) is 0 Å². The third kappa shape index (κ3) is 7.89. The molecule has 26 heavy (non-hydrogen) atoms. The molecule has 2 rings (SSSR count). The van der Waals surface area contributed by atoms with Gasteiger partial charge in [-0.05, 0) is 51.5 Å². The Morgan fingerprint density at radius 3 is 2.23 bits per heavy atom. The maximum absolute atomic E-state index is 4.98. The lowest BCUT2D eigenvalue weighted by Crippen LogP contribution is -2.52. The first-order valence-electron chi connectivity index (χ1n) is 10.5. The Labute approximate surface area is 178 Å². The predicted octanol–water partition coefficient (Wildman–Crippen LogP) is 3.01. The number of nitrogens with one attached hydrogen (secondary N) is 2. The molecule has 5 nitrogen and oxygen atoms in total. The standard InChI is InChI=1S/C20H41N5.HI/c1-6-21-20(23-18-9-7-17(4)8-10-18)22-15-19(16(2)3)25-13-11-24(5)12-14-25;/h16-19H,6-15H2,1-5H3,(H2,21,22,23);1H. The van der Waals surface area contributed by atoms with Crippen LogP contribution in [0, 0.1) is 11.8 Å². The number of hydrogen-bond acceptors (Lipinski definition) is 3. The van der Waals surface area contributed by atoms with Gasteiger partial charge in [0.15, 0.2) is 5.96 Å². The number of rotatable bonds is 6. The third-order valence-corrected chi connectivity index (χ3v) is 5.91. The molecule has 1 saturated heterocycles. The number of nitrogens with zero attached hydrogens (tertiary/aromatic N) is 3. The summed E-state index contributed by atoms with van der Waals surface area (Å²) in [4.78, 5) is 10.0. The lowest BCUT2D eigenvalue weighted by Gasteiger charge is -2.39. The van der Waals surface area contributed by atoms with Crippen LogP contribution < -0.4 is 10.6 Å². The van der Waals surface area contributed by atoms with Crippen LogP contribution in [0.25, 0.3) is 0 Å². The zero-order valence-electron chi connectivity index (χ0n) is 17.6. The monoisotopic (exact) mass is 479 g/mol. The van der Waals surface area contributed by atoms with E-state index in [9.17, 15) is 0 Å². The SMILES string of the molecule is CCNC(=NCC(C(C)C)N1CCN(C)CC1)NC1CCC(C)CC1.I. The molecule has 0 radical (unpaired) electrons. The second-order valence-electron chi connectivity index (χ2n) is 8.47. The van der Waals surface area contributed by atoms with Crippen LogP contribution in [0.2, 0.25) is 0 Å². The average Bonchev–Trinajstić information content (AvgIpc) is 2.58. The summed E-state index contributed by atoms with van der Waals surface area (Å²) >= 11 is 0. The van der Waals surface area contributed by atoms with Crippen molar-refractivity contribution in [1.29, 1.82) is 0 Å². The van der Waals surface area contributed by atoms with E-state index < -0.39 is 0 Å². The van der Waals surface area contributed by atoms with E-state index in [1.165, 1.54) is 51.9 Å². The number of hydrogen-bond donors (Lipinski definition) is 2. The summed E-state index contributed by atoms with van der Waals surface area (Å²) < 4.78 is 0. The molecule has 2 N–H and O–H groups in total. The van der Waals surface area contributed by atoms with Gasteiger partial charge in [0, 0.05) is 44.8 Å². The third-order valence-electron chi connectivity index (χ3n) is 5.91. The molecule has 6 heteroatoms. The van der Waals surface area contributed by atoms with Crippen molar-refractivity contribution >= 4 is 29.9 Å². The normalized spacial score (nSPS) is 27.1. The summed E-state index contributed by atoms with van der Waals surface area (Å²) in [6.07, 6.45) is 5.23. The van der Waals surface area contributed by atoms with Gasteiger partial charge in [-0.2, -0.15) is 0 Å². The highest BCUT2D eigenvalue weighted by Crippen LogP contribution is 2.23. The Balaban J connectivity index is 0.00000338. The Morgan fingerprint density at radius 2 is 1.69 bits per heavy atom. The van der Waals surface area contributed by atoms with E-state index >= 15 is 0 Å². The van der Waals surface area contributed by atoms with Crippen molar-refractivity contribution in [1.82, 2.24) is 20.4 Å². The summed E-state index contributed by atoms with van der Waals surface area (Å²) in [5.74, 6) is 2.53. The van der Waals surface area contributed by atoms with E-state index in [1.54, 1.807) is 0 Å². The van der Waals surface area contributed by atoms with Crippen LogP contribution in [-0.2, 0) is 0 Å². The van der Waals surface area contributed by atoms with Gasteiger partial charge in [-0.3, -0.25) is 9.89 Å². The molecule has 2 fully saturated rings. The van der Waals surface area contributed by atoms with Crippen LogP contribution in [0.5, 0.6) is 0 Å². The van der Waals surface area contributed by atoms with Crippen LogP contribution >= 0.6 is 24.0 Å². The van der Waals surface area contributed by atoms with Gasteiger partial charge >= 0.3 is 0 Å². The van der Waals surface area contributed by atoms with Crippen LogP contribution in [0.4, 0.5) is 0 Å². The molecular formula is C20H42IN5. The number of piperazine rings is 1. The number of likely N-dealkylation sites (N-methyl/N-ethyl adjacent to an activating group) is 1. The largest absolute Gasteiger partial charge is 0.357 e. The van der Waals surface area contributed by atoms with Crippen molar-refractivity contribution < 1.29 is 0 Å². The molecule has 0 amide bonds. The summed E-state index contributed by atoms with van der Waals surface area (Å²) in [5.41, 5.74) is 0. The number of aliphatic imine (C=N–C) groups is 1. The Bertz CT molecular complexity index is 399. The molecule has 0 spiro atoms. The van der Waals surface area contributed by atoms with E-state index in [4.69, 9.17) is 4.99 Å². The van der Waals surface area contributed by atoms with E-state index in [-0.39, 0.29) is 24.0 Å². The van der Waals surface area contributed by atoms with Crippen molar-refractivity contribution in [2.45, 2.75) is 65.5 Å². The molecule has 0 aromatic carbocycles. The molecule has 1 aliphatic heterocycles. The Kier molecular flexibility index (Phi) is 11.4. The highest BCUT2D eigenvalue weighted by Gasteiger charge is 2.25. The van der Waals surface area contributed by atoms with Gasteiger partial charge in [0.05, 0.1) is 6.54 Å². The first kappa shape index (κ1) is 24.0. The van der Waals surface area contributed by atoms with E-state index in [2.05, 4.69) is 55.2 Å². The van der Waals surface area contributed by atoms with Crippen molar-refractivity contribution in [3.8, 4) is 0 Å². The Hall–Kier alpha value is -0.0800. The topological polar surface area (TPSA) is 42.9 Å². The molecule has 2 aliphatic rings. The maximum Gasteiger partial charge on any atom is 0.191 e. The zero-order chi connectivity index (χ0) is 18.2. The minimum atomic E-state index is 0. The average molecular weight is 479 g/mol. The second kappa shape index (κ2) is 12.4. The molecular weight excluding hydrogens is 437 g/mol. The molecule has 0 aromatic heterocycles. The van der Waals surface area contributed by atoms with Gasteiger partial charge in [-0.1, -0.05) is 20.8 Å². The highest BCUT2D eigenvalue weighted by molar-refractivity contribution is 14.0. The quantitative estimate of drug-likeness (QED) is 0.349. The molecule has 0 bridgehead atoms. The minimum Gasteiger partial charge on any atom is -0.357 e. The van der Waals surface area contributed by atoms with Crippen LogP contribution in [-0.4, -0.2) is 74.2 Å². The van der Waals surface area contributed by atoms with Crippen LogP contribution in [0.15, 0.2) is 4.99 Å². The summed E-state index contributed by atoms with van der Waals surface area (Å²) in [6.45, 7) is 15.7. The first-order chi connectivity index (χ1) is 12.0. The van der Waals surface area contributed by atoms with E-state index in [0.717, 1.165) is 25.0 Å². The highest BCUT2D eigenvalue weighted by atomic mass is 127. The lowest BCUT2D eigenvalue weighted by atomic mass is 9.87. The number of halogens is 1. The zero-order valence-corrected chi connectivity index (χ0v) is 20.0. The van der Waals surface area contributed by atoms with Crippen LogP contribution in [0.1, 0.15) is 53.4 Å². The minimum absolute atomic E-state index is 0. The first-order valence-corrected chi connectivity index (χ1v) is 10.5. The van der Waals surface area contributed by atoms with Gasteiger partial charge in [0.1, 0.15) is 0 Å². The molecule has 1 unspecified atom stereocenters. The molecule has 1 aliphatic carbocycles. The predicted molar refractivity (Wildman–Crippen MR) is 124 cm³/mol. The fraction of sp³-hybridized carbons (Fsp3) is 0.950. The van der Waals surface area contributed by atoms with Gasteiger partial charge in [-0.15, -0.1) is 24.0 Å².